The molecular formula is C26H32CuN6O2S+. The van der Waals surface area contributed by atoms with Gasteiger partial charge in [-0.2, -0.15) is 11.8 Å². The van der Waals surface area contributed by atoms with Crippen molar-refractivity contribution in [1.29, 1.82) is 0 Å². The molecule has 2 aliphatic heterocycles. The number of carbonyl (C=O) groups is 2. The average molecular weight is 556 g/mol. The number of thioether (sulfide) groups is 1. The summed E-state index contributed by atoms with van der Waals surface area (Å²) in [6.07, 6.45) is 14.7. The molecule has 194 valence electrons. The van der Waals surface area contributed by atoms with Crippen molar-refractivity contribution in [3.05, 3.63) is 72.6 Å². The fraction of sp³-hybridized carbons (Fsp3) is 0.385. The van der Waals surface area contributed by atoms with Gasteiger partial charge in [0.15, 0.2) is 0 Å². The van der Waals surface area contributed by atoms with Gasteiger partial charge in [0.2, 0.25) is 5.91 Å². The van der Waals surface area contributed by atoms with E-state index in [1.807, 2.05) is 77.6 Å². The zero-order valence-electron chi connectivity index (χ0n) is 20.0. The quantitative estimate of drug-likeness (QED) is 0.211. The monoisotopic (exact) mass is 555 g/mol. The van der Waals surface area contributed by atoms with Crippen LogP contribution in [0, 0.1) is 0 Å². The first kappa shape index (κ1) is 27.8. The van der Waals surface area contributed by atoms with Crippen LogP contribution < -0.4 is 16.0 Å². The molecule has 0 aliphatic carbocycles. The number of rotatable bonds is 12. The third kappa shape index (κ3) is 8.69. The Morgan fingerprint density at radius 1 is 1.06 bits per heavy atom. The van der Waals surface area contributed by atoms with E-state index in [4.69, 9.17) is 0 Å². The van der Waals surface area contributed by atoms with E-state index >= 15 is 0 Å². The summed E-state index contributed by atoms with van der Waals surface area (Å²) in [5.74, 6) is 1.04. The predicted octanol–water partition coefficient (Wildman–Crippen LogP) is 3.26. The first-order valence-electron chi connectivity index (χ1n) is 12.1. The maximum absolute atomic E-state index is 12.3. The van der Waals surface area contributed by atoms with Crippen molar-refractivity contribution >= 4 is 35.9 Å². The Hall–Kier alpha value is -2.81. The second-order valence-corrected chi connectivity index (χ2v) is 9.87. The number of fused-ring (bicyclic) bond motifs is 1. The van der Waals surface area contributed by atoms with Crippen molar-refractivity contribution in [2.24, 2.45) is 0 Å². The van der Waals surface area contributed by atoms with Crippen molar-refractivity contribution in [2.75, 3.05) is 18.8 Å². The van der Waals surface area contributed by atoms with Crippen molar-refractivity contribution in [2.45, 2.75) is 43.0 Å². The van der Waals surface area contributed by atoms with E-state index in [2.05, 4.69) is 25.9 Å². The molecule has 3 amide bonds. The Labute approximate surface area is 227 Å². The molecule has 2 saturated heterocycles. The van der Waals surface area contributed by atoms with Crippen molar-refractivity contribution in [3.8, 4) is 0 Å². The van der Waals surface area contributed by atoms with E-state index in [-0.39, 0.29) is 41.1 Å². The Bertz CT molecular complexity index is 974. The van der Waals surface area contributed by atoms with Crippen molar-refractivity contribution in [1.82, 2.24) is 30.8 Å². The van der Waals surface area contributed by atoms with E-state index in [9.17, 15) is 9.59 Å². The Kier molecular flexibility index (Phi) is 11.3. The third-order valence-corrected chi connectivity index (χ3v) is 7.53. The van der Waals surface area contributed by atoms with Gasteiger partial charge in [0, 0.05) is 55.3 Å². The molecule has 0 bridgehead atoms. The Morgan fingerprint density at radius 2 is 1.75 bits per heavy atom. The largest absolute Gasteiger partial charge is 1.00 e. The summed E-state index contributed by atoms with van der Waals surface area (Å²) in [6.45, 7) is 1.17. The molecule has 4 heterocycles. The van der Waals surface area contributed by atoms with Crippen LogP contribution >= 0.6 is 11.8 Å². The minimum Gasteiger partial charge on any atom is -0.354 e. The number of amides is 3. The van der Waals surface area contributed by atoms with Gasteiger partial charge in [-0.1, -0.05) is 18.6 Å². The van der Waals surface area contributed by atoms with Gasteiger partial charge >= 0.3 is 23.1 Å². The summed E-state index contributed by atoms with van der Waals surface area (Å²) >= 11 is 1.91. The molecule has 4 rings (SSSR count). The van der Waals surface area contributed by atoms with Crippen molar-refractivity contribution < 1.29 is 26.7 Å². The summed E-state index contributed by atoms with van der Waals surface area (Å²) in [7, 11) is 0. The smallest absolute Gasteiger partial charge is 0.354 e. The Balaban J connectivity index is 0.00000361. The number of nitrogens with one attached hydrogen (secondary N) is 3. The van der Waals surface area contributed by atoms with Crippen LogP contribution in [0.4, 0.5) is 4.79 Å². The third-order valence-electron chi connectivity index (χ3n) is 6.02. The summed E-state index contributed by atoms with van der Waals surface area (Å²) in [5.41, 5.74) is 1.74. The standard InChI is InChI=1S/C26H32N6O2S.Cu/c33-24(10-2-1-9-23-25-22(19-35-23)30-26(34)31-25)29-15-18-32(16-11-20-7-3-5-13-27-20)17-12-21-8-4-6-14-28-21;/h3-8,11-14,16-17,22-23,25H,1-2,9-10,15,18-19H2,(H,29,33)(H2,30,31,34);/q;+1/b16-11-,17-12-;/t22-,23-,25-;/m0./s1. The molecule has 2 aromatic heterocycles. The van der Waals surface area contributed by atoms with E-state index < -0.39 is 0 Å². The van der Waals surface area contributed by atoms with Gasteiger partial charge in [-0.25, -0.2) is 4.79 Å². The number of urea groups is 1. The molecule has 3 atom stereocenters. The van der Waals surface area contributed by atoms with Crippen LogP contribution in [0.1, 0.15) is 37.1 Å². The normalized spacial score (nSPS) is 20.6. The number of carbonyl (C=O) groups excluding carboxylic acids is 2. The maximum Gasteiger partial charge on any atom is 1.00 e. The van der Waals surface area contributed by atoms with Crippen LogP contribution in [0.15, 0.2) is 61.2 Å². The fourth-order valence-electron chi connectivity index (χ4n) is 4.18. The topological polar surface area (TPSA) is 99.2 Å². The minimum atomic E-state index is -0.0523. The van der Waals surface area contributed by atoms with Gasteiger partial charge in [0.1, 0.15) is 0 Å². The number of nitrogens with zero attached hydrogens (tertiary/aromatic N) is 3. The molecule has 0 radical (unpaired) electrons. The Morgan fingerprint density at radius 3 is 2.39 bits per heavy atom. The van der Waals surface area contributed by atoms with Gasteiger partial charge in [-0.15, -0.1) is 0 Å². The predicted molar refractivity (Wildman–Crippen MR) is 140 cm³/mol. The molecule has 36 heavy (non-hydrogen) atoms. The number of hydrogen-bond donors (Lipinski definition) is 3. The molecule has 8 nitrogen and oxygen atoms in total. The fourth-order valence-corrected chi connectivity index (χ4v) is 5.72. The molecule has 2 fully saturated rings. The molecular weight excluding hydrogens is 524 g/mol. The molecule has 10 heteroatoms. The zero-order valence-corrected chi connectivity index (χ0v) is 21.7. The number of unbranched alkanes of at least 4 members (excludes halogenated alkanes) is 1. The molecule has 0 unspecified atom stereocenters. The van der Waals surface area contributed by atoms with Gasteiger partial charge < -0.3 is 20.9 Å². The molecule has 0 aromatic carbocycles. The summed E-state index contributed by atoms with van der Waals surface area (Å²) in [6, 6.07) is 12.0. The van der Waals surface area contributed by atoms with Gasteiger partial charge in [-0.05, 0) is 49.3 Å². The number of pyridine rings is 2. The van der Waals surface area contributed by atoms with Gasteiger partial charge in [-0.3, -0.25) is 14.8 Å². The summed E-state index contributed by atoms with van der Waals surface area (Å²) in [5, 5.41) is 9.46. The first-order chi connectivity index (χ1) is 17.2. The first-order valence-corrected chi connectivity index (χ1v) is 13.1. The second kappa shape index (κ2) is 14.7. The van der Waals surface area contributed by atoms with Crippen LogP contribution in [-0.4, -0.2) is 63.0 Å². The molecule has 3 N–H and O–H groups in total. The summed E-state index contributed by atoms with van der Waals surface area (Å²) in [4.78, 5) is 34.5. The zero-order chi connectivity index (χ0) is 24.3. The molecule has 0 saturated carbocycles. The van der Waals surface area contributed by atoms with Crippen LogP contribution in [0.2, 0.25) is 0 Å². The van der Waals surface area contributed by atoms with Crippen LogP contribution in [0.5, 0.6) is 0 Å². The van der Waals surface area contributed by atoms with Crippen LogP contribution in [0.3, 0.4) is 0 Å². The van der Waals surface area contributed by atoms with Gasteiger partial charge in [0.25, 0.3) is 0 Å². The number of aromatic nitrogens is 2. The number of hydrogen-bond acceptors (Lipinski definition) is 6. The van der Waals surface area contributed by atoms with E-state index in [0.29, 0.717) is 24.8 Å². The van der Waals surface area contributed by atoms with E-state index in [1.54, 1.807) is 12.4 Å². The molecule has 0 spiro atoms. The van der Waals surface area contributed by atoms with E-state index in [0.717, 1.165) is 36.4 Å². The second-order valence-electron chi connectivity index (χ2n) is 8.60. The van der Waals surface area contributed by atoms with Crippen molar-refractivity contribution in [3.63, 3.8) is 0 Å². The SMILES string of the molecule is O=C(CCCC[C@@H]1SC[C@@H]2NC(=O)N[C@@H]21)NCCN(/C=C\c1ccccn1)/C=C\c1ccccn1.[Cu+]. The summed E-state index contributed by atoms with van der Waals surface area (Å²) < 4.78 is 0. The average Bonchev–Trinajstić information content (AvgIpc) is 3.43. The van der Waals surface area contributed by atoms with Gasteiger partial charge in [0.05, 0.1) is 23.5 Å². The van der Waals surface area contributed by atoms with E-state index in [1.165, 1.54) is 0 Å². The molecule has 2 aliphatic rings. The molecule has 2 aromatic rings. The van der Waals surface area contributed by atoms with Crippen LogP contribution in [0.25, 0.3) is 12.2 Å². The minimum absolute atomic E-state index is 0. The maximum atomic E-state index is 12.3. The van der Waals surface area contributed by atoms with Crippen LogP contribution in [-0.2, 0) is 21.9 Å².